The zero-order chi connectivity index (χ0) is 19.5. The molecule has 0 bridgehead atoms. The predicted molar refractivity (Wildman–Crippen MR) is 114 cm³/mol. The maximum Gasteiger partial charge on any atom is 0.159 e. The van der Waals surface area contributed by atoms with Gasteiger partial charge in [-0.15, -0.1) is 0 Å². The number of rotatable bonds is 12. The minimum absolute atomic E-state index is 0.0866. The van der Waals surface area contributed by atoms with Crippen molar-refractivity contribution in [1.29, 1.82) is 0 Å². The van der Waals surface area contributed by atoms with Gasteiger partial charge in [0.2, 0.25) is 0 Å². The van der Waals surface area contributed by atoms with Crippen molar-refractivity contribution < 1.29 is 9.53 Å². The summed E-state index contributed by atoms with van der Waals surface area (Å²) < 4.78 is 6.37. The van der Waals surface area contributed by atoms with Crippen molar-refractivity contribution in [2.75, 3.05) is 13.1 Å². The van der Waals surface area contributed by atoms with Crippen molar-refractivity contribution in [2.45, 2.75) is 71.8 Å². The molecule has 0 fully saturated rings. The van der Waals surface area contributed by atoms with Crippen LogP contribution >= 0.6 is 0 Å². The van der Waals surface area contributed by atoms with E-state index in [1.54, 1.807) is 6.92 Å². The van der Waals surface area contributed by atoms with Crippen molar-refractivity contribution >= 4 is 5.78 Å². The Morgan fingerprint density at radius 1 is 1.15 bits per heavy atom. The first-order valence-corrected chi connectivity index (χ1v) is 10.5. The van der Waals surface area contributed by atoms with Crippen molar-refractivity contribution in [1.82, 2.24) is 5.32 Å². The Kier molecular flexibility index (Phi) is 9.34. The second-order valence-corrected chi connectivity index (χ2v) is 7.46. The molecule has 27 heavy (non-hydrogen) atoms. The monoisotopic (exact) mass is 369 g/mol. The summed E-state index contributed by atoms with van der Waals surface area (Å²) in [5.74, 6) is 0.928. The van der Waals surface area contributed by atoms with Gasteiger partial charge in [-0.25, -0.2) is 0 Å². The molecule has 3 heteroatoms. The highest BCUT2D eigenvalue weighted by atomic mass is 16.5. The third-order valence-corrected chi connectivity index (χ3v) is 5.11. The number of nitrogens with one attached hydrogen (secondary N) is 1. The first-order chi connectivity index (χ1) is 13.1. The predicted octanol–water partition coefficient (Wildman–Crippen LogP) is 5.86. The summed E-state index contributed by atoms with van der Waals surface area (Å²) in [7, 11) is 0. The first-order valence-electron chi connectivity index (χ1n) is 10.5. The van der Waals surface area contributed by atoms with Gasteiger partial charge < -0.3 is 10.1 Å². The van der Waals surface area contributed by atoms with Crippen molar-refractivity contribution in [2.24, 2.45) is 0 Å². The lowest BCUT2D eigenvalue weighted by Crippen LogP contribution is -2.21. The van der Waals surface area contributed by atoms with Gasteiger partial charge >= 0.3 is 0 Å². The molecule has 0 radical (unpaired) electrons. The summed E-state index contributed by atoms with van der Waals surface area (Å²) in [4.78, 5) is 11.5. The molecule has 0 aliphatic heterocycles. The molecule has 0 saturated heterocycles. The second-order valence-electron chi connectivity index (χ2n) is 7.46. The normalized spacial score (nSPS) is 15.1. The third kappa shape index (κ3) is 7.34. The molecule has 2 rings (SSSR count). The molecule has 0 heterocycles. The smallest absolute Gasteiger partial charge is 0.159 e. The molecular weight excluding hydrogens is 334 g/mol. The Hall–Kier alpha value is -1.87. The number of hydrogen-bond acceptors (Lipinski definition) is 3. The molecule has 3 nitrogen and oxygen atoms in total. The zero-order valence-corrected chi connectivity index (χ0v) is 17.2. The van der Waals surface area contributed by atoms with Gasteiger partial charge in [0, 0.05) is 5.56 Å². The number of ether oxygens (including phenoxy) is 1. The van der Waals surface area contributed by atoms with Crippen LogP contribution < -0.4 is 10.1 Å². The minimum atomic E-state index is 0.0866. The van der Waals surface area contributed by atoms with Crippen LogP contribution in [0.2, 0.25) is 0 Å². The van der Waals surface area contributed by atoms with E-state index in [9.17, 15) is 4.79 Å². The van der Waals surface area contributed by atoms with E-state index in [4.69, 9.17) is 4.74 Å². The van der Waals surface area contributed by atoms with E-state index in [0.717, 1.165) is 50.1 Å². The van der Waals surface area contributed by atoms with Crippen LogP contribution in [0.25, 0.3) is 0 Å². The summed E-state index contributed by atoms with van der Waals surface area (Å²) in [5, 5.41) is 3.47. The van der Waals surface area contributed by atoms with Gasteiger partial charge in [0.15, 0.2) is 5.78 Å². The first kappa shape index (κ1) is 21.4. The molecular formula is C24H35NO2. The van der Waals surface area contributed by atoms with E-state index in [1.807, 2.05) is 24.3 Å². The summed E-state index contributed by atoms with van der Waals surface area (Å²) in [6.07, 6.45) is 12.7. The number of unbranched alkanes of at least 4 members (excludes halogenated alkanes) is 2. The number of ketones is 1. The Labute approximate surface area is 164 Å². The largest absolute Gasteiger partial charge is 0.486 e. The fraction of sp³-hybridized carbons (Fsp3) is 0.542. The van der Waals surface area contributed by atoms with Gasteiger partial charge in [0.05, 0.1) is 0 Å². The highest BCUT2D eigenvalue weighted by Crippen LogP contribution is 2.27. The quantitative estimate of drug-likeness (QED) is 0.370. The number of carbonyl (C=O) groups is 1. The molecule has 0 saturated carbocycles. The average molecular weight is 370 g/mol. The summed E-state index contributed by atoms with van der Waals surface area (Å²) >= 11 is 0. The topological polar surface area (TPSA) is 38.3 Å². The van der Waals surface area contributed by atoms with Crippen LogP contribution in [-0.2, 0) is 0 Å². The van der Waals surface area contributed by atoms with Crippen LogP contribution in [0.4, 0.5) is 0 Å². The van der Waals surface area contributed by atoms with Crippen molar-refractivity contribution in [3.05, 3.63) is 53.1 Å². The fourth-order valence-electron chi connectivity index (χ4n) is 3.45. The van der Waals surface area contributed by atoms with E-state index < -0.39 is 0 Å². The highest BCUT2D eigenvalue weighted by molar-refractivity contribution is 5.94. The number of hydrogen-bond donors (Lipinski definition) is 1. The van der Waals surface area contributed by atoms with Crippen LogP contribution in [0.3, 0.4) is 0 Å². The molecule has 0 amide bonds. The van der Waals surface area contributed by atoms with Crippen LogP contribution in [0.5, 0.6) is 5.75 Å². The maximum absolute atomic E-state index is 11.5. The lowest BCUT2D eigenvalue weighted by atomic mass is 9.92. The summed E-state index contributed by atoms with van der Waals surface area (Å²) in [6.45, 7) is 8.23. The lowest BCUT2D eigenvalue weighted by molar-refractivity contribution is 0.101. The second kappa shape index (κ2) is 11.8. The Bertz CT molecular complexity index is 643. The number of allylic oxidation sites excluding steroid dienone is 2. The SMILES string of the molecule is CCCNCCCCCC(Oc1ccc(C(C)=O)cc1)C1=C(C)CCC=C1. The molecule has 0 aromatic heterocycles. The van der Waals surface area contributed by atoms with Crippen molar-refractivity contribution in [3.63, 3.8) is 0 Å². The van der Waals surface area contributed by atoms with Crippen LogP contribution in [0.15, 0.2) is 47.6 Å². The third-order valence-electron chi connectivity index (χ3n) is 5.11. The van der Waals surface area contributed by atoms with Gasteiger partial charge in [-0.1, -0.05) is 31.1 Å². The van der Waals surface area contributed by atoms with Gasteiger partial charge in [-0.05, 0) is 95.3 Å². The van der Waals surface area contributed by atoms with E-state index in [1.165, 1.54) is 30.4 Å². The molecule has 1 aromatic carbocycles. The number of Topliss-reactive ketones (excluding diaryl/α,β-unsaturated/α-hetero) is 1. The lowest BCUT2D eigenvalue weighted by Gasteiger charge is -2.24. The van der Waals surface area contributed by atoms with Crippen LogP contribution in [0.1, 0.15) is 76.1 Å². The van der Waals surface area contributed by atoms with Crippen molar-refractivity contribution in [3.8, 4) is 5.75 Å². The molecule has 1 N–H and O–H groups in total. The van der Waals surface area contributed by atoms with Gasteiger partial charge in [-0.2, -0.15) is 0 Å². The molecule has 1 aliphatic rings. The maximum atomic E-state index is 11.5. The Balaban J connectivity index is 1.95. The van der Waals surface area contributed by atoms with Gasteiger partial charge in [0.25, 0.3) is 0 Å². The van der Waals surface area contributed by atoms with E-state index in [2.05, 4.69) is 31.3 Å². The van der Waals surface area contributed by atoms with Crippen LogP contribution in [-0.4, -0.2) is 25.0 Å². The van der Waals surface area contributed by atoms with E-state index in [-0.39, 0.29) is 11.9 Å². The highest BCUT2D eigenvalue weighted by Gasteiger charge is 2.18. The number of benzene rings is 1. The fourth-order valence-corrected chi connectivity index (χ4v) is 3.45. The average Bonchev–Trinajstić information content (AvgIpc) is 2.67. The van der Waals surface area contributed by atoms with E-state index in [0.29, 0.717) is 0 Å². The minimum Gasteiger partial charge on any atom is -0.486 e. The standard InChI is InChI=1S/C24H35NO2/c1-4-17-25-18-9-5-6-12-24(23-11-8-7-10-19(23)2)27-22-15-13-21(14-16-22)20(3)26/h8,11,13-16,24-25H,4-7,9-10,12,17-18H2,1-3H3. The Morgan fingerprint density at radius 3 is 2.59 bits per heavy atom. The Morgan fingerprint density at radius 2 is 1.93 bits per heavy atom. The zero-order valence-electron chi connectivity index (χ0n) is 17.2. The molecule has 1 aliphatic carbocycles. The molecule has 1 atom stereocenters. The van der Waals surface area contributed by atoms with Gasteiger partial charge in [0.1, 0.15) is 11.9 Å². The molecule has 148 valence electrons. The molecule has 0 spiro atoms. The molecule has 1 unspecified atom stereocenters. The van der Waals surface area contributed by atoms with Gasteiger partial charge in [-0.3, -0.25) is 4.79 Å². The molecule has 1 aromatic rings. The number of carbonyl (C=O) groups excluding carboxylic acids is 1. The summed E-state index contributed by atoms with van der Waals surface area (Å²) in [6, 6.07) is 7.54. The van der Waals surface area contributed by atoms with Crippen LogP contribution in [0, 0.1) is 0 Å². The summed E-state index contributed by atoms with van der Waals surface area (Å²) in [5.41, 5.74) is 3.50. The van der Waals surface area contributed by atoms with E-state index >= 15 is 0 Å².